The molecule has 9 nitrogen and oxygen atoms in total. The number of piperazine rings is 1. The first-order chi connectivity index (χ1) is 19.9. The van der Waals surface area contributed by atoms with Crippen LogP contribution in [0.3, 0.4) is 0 Å². The van der Waals surface area contributed by atoms with Gasteiger partial charge in [-0.2, -0.15) is 4.98 Å². The number of benzene rings is 1. The maximum atomic E-state index is 15.5. The summed E-state index contributed by atoms with van der Waals surface area (Å²) in [7, 11) is 2.17. The summed E-state index contributed by atoms with van der Waals surface area (Å²) in [6.07, 6.45) is 5.38. The summed E-state index contributed by atoms with van der Waals surface area (Å²) in [5.41, 5.74) is 8.04. The van der Waals surface area contributed by atoms with Gasteiger partial charge in [0.15, 0.2) is 11.5 Å². The normalized spacial score (nSPS) is 19.2. The summed E-state index contributed by atoms with van der Waals surface area (Å²) in [6, 6.07) is 11.0. The number of anilines is 4. The molecule has 0 radical (unpaired) electrons. The Bertz CT molecular complexity index is 1570. The van der Waals surface area contributed by atoms with Crippen LogP contribution in [0.15, 0.2) is 42.6 Å². The van der Waals surface area contributed by atoms with E-state index >= 15 is 8.78 Å². The summed E-state index contributed by atoms with van der Waals surface area (Å²) < 4.78 is 32.6. The van der Waals surface area contributed by atoms with E-state index in [1.165, 1.54) is 12.3 Å². The summed E-state index contributed by atoms with van der Waals surface area (Å²) in [5, 5.41) is 3.43. The molecule has 0 spiro atoms. The Labute approximate surface area is 238 Å². The molecule has 41 heavy (non-hydrogen) atoms. The van der Waals surface area contributed by atoms with Crippen LogP contribution in [0.4, 0.5) is 31.9 Å². The molecular weight excluding hydrogens is 524 g/mol. The van der Waals surface area contributed by atoms with Gasteiger partial charge in [0, 0.05) is 63.1 Å². The Hall–Kier alpha value is -3.83. The fraction of sp³-hybridized carbons (Fsp3) is 0.433. The maximum Gasteiger partial charge on any atom is 0.229 e. The fourth-order valence-corrected chi connectivity index (χ4v) is 6.25. The lowest BCUT2D eigenvalue weighted by molar-refractivity contribution is 0.0981. The van der Waals surface area contributed by atoms with E-state index in [0.29, 0.717) is 45.8 Å². The highest BCUT2D eigenvalue weighted by molar-refractivity contribution is 5.81. The first-order valence-corrected chi connectivity index (χ1v) is 14.5. The number of hydrogen-bond donors (Lipinski definition) is 2. The zero-order valence-electron chi connectivity index (χ0n) is 23.2. The zero-order valence-corrected chi connectivity index (χ0v) is 23.2. The number of aromatic nitrogens is 4. The quantitative estimate of drug-likeness (QED) is 0.357. The Kier molecular flexibility index (Phi) is 6.70. The molecule has 3 fully saturated rings. The summed E-state index contributed by atoms with van der Waals surface area (Å²) in [5.74, 6) is 0.601. The van der Waals surface area contributed by atoms with Crippen LogP contribution < -0.4 is 16.0 Å². The number of piperidine rings is 1. The van der Waals surface area contributed by atoms with Crippen LogP contribution in [-0.2, 0) is 0 Å². The van der Waals surface area contributed by atoms with Crippen molar-refractivity contribution in [1.82, 2.24) is 29.3 Å². The molecular formula is C30H35F2N9. The molecule has 5 heterocycles. The zero-order chi connectivity index (χ0) is 28.1. The maximum absolute atomic E-state index is 15.5. The second-order valence-corrected chi connectivity index (χ2v) is 11.5. The van der Waals surface area contributed by atoms with Gasteiger partial charge in [0.25, 0.3) is 0 Å². The Balaban J connectivity index is 1.10. The average Bonchev–Trinajstić information content (AvgIpc) is 3.77. The summed E-state index contributed by atoms with van der Waals surface area (Å²) >= 11 is 0. The van der Waals surface area contributed by atoms with E-state index in [0.717, 1.165) is 65.0 Å². The fourth-order valence-electron chi connectivity index (χ4n) is 6.25. The largest absolute Gasteiger partial charge is 0.384 e. The van der Waals surface area contributed by atoms with E-state index in [-0.39, 0.29) is 23.5 Å². The van der Waals surface area contributed by atoms with Crippen LogP contribution in [-0.4, -0.2) is 81.7 Å². The molecule has 0 atom stereocenters. The van der Waals surface area contributed by atoms with Gasteiger partial charge in [0.2, 0.25) is 5.95 Å². The highest BCUT2D eigenvalue weighted by Crippen LogP contribution is 2.45. The third-order valence-electron chi connectivity index (χ3n) is 8.70. The molecule has 2 aliphatic heterocycles. The van der Waals surface area contributed by atoms with Crippen molar-refractivity contribution in [3.8, 4) is 5.82 Å². The van der Waals surface area contributed by atoms with Crippen molar-refractivity contribution in [3.63, 3.8) is 0 Å². The molecule has 1 saturated carbocycles. The van der Waals surface area contributed by atoms with Crippen molar-refractivity contribution >= 4 is 34.2 Å². The van der Waals surface area contributed by atoms with E-state index in [9.17, 15) is 0 Å². The molecule has 7 rings (SSSR count). The van der Waals surface area contributed by atoms with Crippen LogP contribution in [0.5, 0.6) is 0 Å². The molecule has 1 aromatic carbocycles. The number of rotatable bonds is 6. The topological polar surface area (TPSA) is 91.4 Å². The second-order valence-electron chi connectivity index (χ2n) is 11.5. The van der Waals surface area contributed by atoms with E-state index in [4.69, 9.17) is 5.73 Å². The van der Waals surface area contributed by atoms with Gasteiger partial charge >= 0.3 is 0 Å². The van der Waals surface area contributed by atoms with E-state index < -0.39 is 0 Å². The lowest BCUT2D eigenvalue weighted by Gasteiger charge is -2.42. The van der Waals surface area contributed by atoms with Crippen molar-refractivity contribution in [2.45, 2.75) is 37.6 Å². The molecule has 11 heteroatoms. The number of pyridine rings is 1. The van der Waals surface area contributed by atoms with Crippen LogP contribution in [0.1, 0.15) is 37.3 Å². The van der Waals surface area contributed by atoms with Gasteiger partial charge in [0.05, 0.1) is 16.8 Å². The van der Waals surface area contributed by atoms with Gasteiger partial charge in [-0.15, -0.1) is 0 Å². The van der Waals surface area contributed by atoms with Crippen LogP contribution >= 0.6 is 0 Å². The standard InChI is InChI=1S/C30H35F2N9/c1-38-13-15-39(16-14-38)21-9-11-40(12-10-21)24-8-7-20(17-23(24)31)35-30-34-18-22-27(32)28(19-5-6-19)41(29(22)37-30)26-4-2-3-25(33)36-26/h2-4,7-8,17-19,21H,5-6,9-16H2,1H3,(H2,33,36)(H,34,35,37). The van der Waals surface area contributed by atoms with E-state index in [1.807, 2.05) is 12.1 Å². The predicted molar refractivity (Wildman–Crippen MR) is 157 cm³/mol. The smallest absolute Gasteiger partial charge is 0.229 e. The van der Waals surface area contributed by atoms with Gasteiger partial charge in [-0.25, -0.2) is 18.7 Å². The second kappa shape index (κ2) is 10.5. The Morgan fingerprint density at radius 2 is 1.71 bits per heavy atom. The summed E-state index contributed by atoms with van der Waals surface area (Å²) in [4.78, 5) is 20.5. The molecule has 214 valence electrons. The number of likely N-dealkylation sites (N-methyl/N-ethyl adjacent to an activating group) is 1. The number of halogens is 2. The predicted octanol–water partition coefficient (Wildman–Crippen LogP) is 4.51. The van der Waals surface area contributed by atoms with Crippen molar-refractivity contribution in [1.29, 1.82) is 0 Å². The minimum Gasteiger partial charge on any atom is -0.384 e. The van der Waals surface area contributed by atoms with Crippen molar-refractivity contribution in [2.75, 3.05) is 62.3 Å². The van der Waals surface area contributed by atoms with Crippen molar-refractivity contribution in [2.24, 2.45) is 0 Å². The third kappa shape index (κ3) is 5.08. The number of hydrogen-bond acceptors (Lipinski definition) is 8. The number of nitrogens with two attached hydrogens (primary N) is 1. The SMILES string of the molecule is CN1CCN(C2CCN(c3ccc(Nc4ncc5c(F)c(C6CC6)n(-c6cccc(N)n6)c5n4)cc3F)CC2)CC1. The minimum atomic E-state index is -0.329. The first kappa shape index (κ1) is 26.1. The first-order valence-electron chi connectivity index (χ1n) is 14.5. The van der Waals surface area contributed by atoms with Crippen LogP contribution in [0, 0.1) is 11.6 Å². The Morgan fingerprint density at radius 3 is 2.41 bits per heavy atom. The van der Waals surface area contributed by atoms with Crippen LogP contribution in [0.2, 0.25) is 0 Å². The van der Waals surface area contributed by atoms with E-state index in [2.05, 4.69) is 42.0 Å². The highest BCUT2D eigenvalue weighted by atomic mass is 19.1. The van der Waals surface area contributed by atoms with Gasteiger partial charge < -0.3 is 20.9 Å². The molecule has 0 unspecified atom stereocenters. The van der Waals surface area contributed by atoms with Gasteiger partial charge in [-0.05, 0) is 63.1 Å². The number of nitrogens with zero attached hydrogens (tertiary/aromatic N) is 7. The Morgan fingerprint density at radius 1 is 0.927 bits per heavy atom. The van der Waals surface area contributed by atoms with Crippen LogP contribution in [0.25, 0.3) is 16.9 Å². The molecule has 1 aliphatic carbocycles. The van der Waals surface area contributed by atoms with Gasteiger partial charge in [-0.1, -0.05) is 6.07 Å². The minimum absolute atomic E-state index is 0.108. The third-order valence-corrected chi connectivity index (χ3v) is 8.70. The average molecular weight is 560 g/mol. The lowest BCUT2D eigenvalue weighted by atomic mass is 10.0. The van der Waals surface area contributed by atoms with E-state index in [1.54, 1.807) is 22.8 Å². The van der Waals surface area contributed by atoms with Crippen molar-refractivity contribution in [3.05, 3.63) is 59.9 Å². The number of fused-ring (bicyclic) bond motifs is 1. The lowest BCUT2D eigenvalue weighted by Crippen LogP contribution is -2.52. The molecule has 2 saturated heterocycles. The summed E-state index contributed by atoms with van der Waals surface area (Å²) in [6.45, 7) is 6.12. The molecule has 4 aromatic rings. The molecule has 3 aliphatic rings. The highest BCUT2D eigenvalue weighted by Gasteiger charge is 2.34. The molecule has 3 N–H and O–H groups in total. The monoisotopic (exact) mass is 559 g/mol. The van der Waals surface area contributed by atoms with Gasteiger partial charge in [-0.3, -0.25) is 9.47 Å². The van der Waals surface area contributed by atoms with Gasteiger partial charge in [0.1, 0.15) is 17.5 Å². The van der Waals surface area contributed by atoms with Crippen molar-refractivity contribution < 1.29 is 8.78 Å². The molecule has 0 amide bonds. The molecule has 0 bridgehead atoms. The number of nitrogen functional groups attached to an aromatic ring is 1. The number of nitrogens with one attached hydrogen (secondary N) is 1. The molecule has 3 aromatic heterocycles.